The molecule has 0 amide bonds. The summed E-state index contributed by atoms with van der Waals surface area (Å²) in [5.74, 6) is -0.777. The van der Waals surface area contributed by atoms with E-state index in [1.165, 1.54) is 19.4 Å². The lowest BCUT2D eigenvalue weighted by molar-refractivity contribution is 0.0603. The Bertz CT molecular complexity index is 566. The van der Waals surface area contributed by atoms with E-state index in [2.05, 4.69) is 9.72 Å². The number of hydrogen-bond acceptors (Lipinski definition) is 3. The zero-order chi connectivity index (χ0) is 11.7. The van der Waals surface area contributed by atoms with E-state index in [9.17, 15) is 9.18 Å². The zero-order valence-corrected chi connectivity index (χ0v) is 8.95. The number of carbonyl (C=O) groups excluding carboxylic acids is 1. The molecule has 0 N–H and O–H groups in total. The summed E-state index contributed by atoms with van der Waals surface area (Å²) in [6.07, 6.45) is 1.46. The van der Waals surface area contributed by atoms with E-state index in [4.69, 9.17) is 0 Å². The summed E-state index contributed by atoms with van der Waals surface area (Å²) in [6.45, 7) is 1.64. The van der Waals surface area contributed by atoms with Gasteiger partial charge in [-0.25, -0.2) is 9.18 Å². The van der Waals surface area contributed by atoms with E-state index in [0.717, 1.165) is 0 Å². The van der Waals surface area contributed by atoms with Crippen molar-refractivity contribution in [3.63, 3.8) is 0 Å². The van der Waals surface area contributed by atoms with Crippen LogP contribution in [0.4, 0.5) is 4.39 Å². The molecule has 3 nitrogen and oxygen atoms in total. The van der Waals surface area contributed by atoms with E-state index in [1.54, 1.807) is 19.1 Å². The maximum absolute atomic E-state index is 13.3. The molecule has 2 aromatic rings. The standard InChI is InChI=1S/C12H10FNO2/c1-7-5-9-8(12(15)16-2)3-4-14-11(9)6-10(7)13/h3-6H,1-2H3. The van der Waals surface area contributed by atoms with Crippen LogP contribution in [-0.2, 0) is 4.74 Å². The van der Waals surface area contributed by atoms with E-state index in [-0.39, 0.29) is 5.82 Å². The summed E-state index contributed by atoms with van der Waals surface area (Å²) < 4.78 is 18.0. The van der Waals surface area contributed by atoms with Crippen molar-refractivity contribution in [2.45, 2.75) is 6.92 Å². The molecule has 0 saturated heterocycles. The predicted molar refractivity (Wildman–Crippen MR) is 57.8 cm³/mol. The van der Waals surface area contributed by atoms with Gasteiger partial charge in [-0.1, -0.05) is 0 Å². The minimum Gasteiger partial charge on any atom is -0.465 e. The summed E-state index contributed by atoms with van der Waals surface area (Å²) in [6, 6.07) is 4.48. The number of pyridine rings is 1. The molecule has 4 heteroatoms. The third kappa shape index (κ3) is 1.62. The van der Waals surface area contributed by atoms with Gasteiger partial charge in [0.15, 0.2) is 0 Å². The molecule has 0 fully saturated rings. The Morgan fingerprint density at radius 2 is 2.19 bits per heavy atom. The van der Waals surface area contributed by atoms with Crippen molar-refractivity contribution in [1.82, 2.24) is 4.98 Å². The highest BCUT2D eigenvalue weighted by Gasteiger charge is 2.12. The second-order valence-electron chi connectivity index (χ2n) is 3.47. The van der Waals surface area contributed by atoms with Crippen molar-refractivity contribution in [2.24, 2.45) is 0 Å². The van der Waals surface area contributed by atoms with Crippen LogP contribution in [0.25, 0.3) is 10.9 Å². The normalized spacial score (nSPS) is 10.4. The molecule has 2 rings (SSSR count). The predicted octanol–water partition coefficient (Wildman–Crippen LogP) is 2.47. The molecule has 1 heterocycles. The van der Waals surface area contributed by atoms with Crippen LogP contribution >= 0.6 is 0 Å². The van der Waals surface area contributed by atoms with Crippen molar-refractivity contribution in [3.05, 3.63) is 41.3 Å². The van der Waals surface area contributed by atoms with Crippen molar-refractivity contribution < 1.29 is 13.9 Å². The Morgan fingerprint density at radius 1 is 1.44 bits per heavy atom. The topological polar surface area (TPSA) is 39.2 Å². The van der Waals surface area contributed by atoms with Gasteiger partial charge in [-0.2, -0.15) is 0 Å². The number of aryl methyl sites for hydroxylation is 1. The van der Waals surface area contributed by atoms with Gasteiger partial charge in [0.05, 0.1) is 18.2 Å². The molecule has 0 aliphatic carbocycles. The van der Waals surface area contributed by atoms with Gasteiger partial charge >= 0.3 is 5.97 Å². The molecule has 82 valence electrons. The number of rotatable bonds is 1. The van der Waals surface area contributed by atoms with Gasteiger partial charge in [-0.05, 0) is 24.6 Å². The second-order valence-corrected chi connectivity index (χ2v) is 3.47. The van der Waals surface area contributed by atoms with Gasteiger partial charge in [0.25, 0.3) is 0 Å². The van der Waals surface area contributed by atoms with Crippen molar-refractivity contribution in [2.75, 3.05) is 7.11 Å². The van der Waals surface area contributed by atoms with Crippen LogP contribution in [0.15, 0.2) is 24.4 Å². The number of esters is 1. The Hall–Kier alpha value is -1.97. The third-order valence-corrected chi connectivity index (χ3v) is 2.43. The largest absolute Gasteiger partial charge is 0.465 e. The zero-order valence-electron chi connectivity index (χ0n) is 8.95. The molecule has 16 heavy (non-hydrogen) atoms. The lowest BCUT2D eigenvalue weighted by Crippen LogP contribution is -2.03. The molecular formula is C12H10FNO2. The average Bonchev–Trinajstić information content (AvgIpc) is 2.29. The highest BCUT2D eigenvalue weighted by molar-refractivity contribution is 6.03. The fourth-order valence-corrected chi connectivity index (χ4v) is 1.56. The number of hydrogen-bond donors (Lipinski definition) is 0. The molecule has 0 bridgehead atoms. The van der Waals surface area contributed by atoms with E-state index >= 15 is 0 Å². The molecule has 0 atom stereocenters. The molecular weight excluding hydrogens is 209 g/mol. The minimum atomic E-state index is -0.446. The highest BCUT2D eigenvalue weighted by atomic mass is 19.1. The smallest absolute Gasteiger partial charge is 0.338 e. The Labute approximate surface area is 91.9 Å². The molecule has 0 radical (unpaired) electrons. The highest BCUT2D eigenvalue weighted by Crippen LogP contribution is 2.21. The van der Waals surface area contributed by atoms with Crippen LogP contribution in [0.1, 0.15) is 15.9 Å². The SMILES string of the molecule is COC(=O)c1ccnc2cc(F)c(C)cc12. The third-order valence-electron chi connectivity index (χ3n) is 2.43. The average molecular weight is 219 g/mol. The number of nitrogens with zero attached hydrogens (tertiary/aromatic N) is 1. The molecule has 0 unspecified atom stereocenters. The molecule has 0 aliphatic rings. The van der Waals surface area contributed by atoms with Gasteiger partial charge in [-0.15, -0.1) is 0 Å². The lowest BCUT2D eigenvalue weighted by Gasteiger charge is -2.05. The molecule has 1 aromatic heterocycles. The van der Waals surface area contributed by atoms with Gasteiger partial charge in [-0.3, -0.25) is 4.98 Å². The van der Waals surface area contributed by atoms with Crippen molar-refractivity contribution in [3.8, 4) is 0 Å². The van der Waals surface area contributed by atoms with Crippen LogP contribution in [0.3, 0.4) is 0 Å². The molecule has 0 aliphatic heterocycles. The first kappa shape index (κ1) is 10.5. The summed E-state index contributed by atoms with van der Waals surface area (Å²) in [4.78, 5) is 15.5. The van der Waals surface area contributed by atoms with Gasteiger partial charge in [0, 0.05) is 17.6 Å². The van der Waals surface area contributed by atoms with E-state index in [1.807, 2.05) is 0 Å². The fraction of sp³-hybridized carbons (Fsp3) is 0.167. The van der Waals surface area contributed by atoms with Crippen molar-refractivity contribution in [1.29, 1.82) is 0 Å². The number of methoxy groups -OCH3 is 1. The maximum Gasteiger partial charge on any atom is 0.338 e. The van der Waals surface area contributed by atoms with Gasteiger partial charge < -0.3 is 4.74 Å². The van der Waals surface area contributed by atoms with Crippen molar-refractivity contribution >= 4 is 16.9 Å². The number of halogens is 1. The first-order valence-electron chi connectivity index (χ1n) is 4.76. The lowest BCUT2D eigenvalue weighted by atomic mass is 10.1. The summed E-state index contributed by atoms with van der Waals surface area (Å²) >= 11 is 0. The molecule has 0 spiro atoms. The van der Waals surface area contributed by atoms with E-state index in [0.29, 0.717) is 22.0 Å². The van der Waals surface area contributed by atoms with Crippen LogP contribution in [0.2, 0.25) is 0 Å². The van der Waals surface area contributed by atoms with Crippen LogP contribution in [-0.4, -0.2) is 18.1 Å². The first-order valence-corrected chi connectivity index (χ1v) is 4.76. The fourth-order valence-electron chi connectivity index (χ4n) is 1.56. The Morgan fingerprint density at radius 3 is 2.88 bits per heavy atom. The summed E-state index contributed by atoms with van der Waals surface area (Å²) in [5.41, 5.74) is 1.33. The summed E-state index contributed by atoms with van der Waals surface area (Å²) in [7, 11) is 1.31. The van der Waals surface area contributed by atoms with Crippen LogP contribution in [0.5, 0.6) is 0 Å². The quantitative estimate of drug-likeness (QED) is 0.691. The number of benzene rings is 1. The van der Waals surface area contributed by atoms with Gasteiger partial charge in [0.2, 0.25) is 0 Å². The number of fused-ring (bicyclic) bond motifs is 1. The second kappa shape index (κ2) is 3.89. The van der Waals surface area contributed by atoms with Crippen LogP contribution in [0, 0.1) is 12.7 Å². The van der Waals surface area contributed by atoms with Gasteiger partial charge in [0.1, 0.15) is 5.82 Å². The van der Waals surface area contributed by atoms with Crippen LogP contribution < -0.4 is 0 Å². The number of carbonyl (C=O) groups is 1. The molecule has 0 saturated carbocycles. The minimum absolute atomic E-state index is 0.331. The number of aromatic nitrogens is 1. The Balaban J connectivity index is 2.77. The molecule has 1 aromatic carbocycles. The number of ether oxygens (including phenoxy) is 1. The summed E-state index contributed by atoms with van der Waals surface area (Å²) in [5, 5.41) is 0.605. The Kier molecular flexibility index (Phi) is 2.56. The maximum atomic E-state index is 13.3. The van der Waals surface area contributed by atoms with E-state index < -0.39 is 5.97 Å². The monoisotopic (exact) mass is 219 g/mol. The first-order chi connectivity index (χ1) is 7.63.